The van der Waals surface area contributed by atoms with Crippen LogP contribution < -0.4 is 0 Å². The van der Waals surface area contributed by atoms with Gasteiger partial charge in [0.1, 0.15) is 5.76 Å². The van der Waals surface area contributed by atoms with Crippen LogP contribution in [0.1, 0.15) is 50.0 Å². The van der Waals surface area contributed by atoms with Crippen molar-refractivity contribution < 1.29 is 9.52 Å². The molecule has 0 amide bonds. The predicted molar refractivity (Wildman–Crippen MR) is 108 cm³/mol. The van der Waals surface area contributed by atoms with E-state index in [4.69, 9.17) is 9.40 Å². The monoisotopic (exact) mass is 386 g/mol. The number of rotatable bonds is 7. The van der Waals surface area contributed by atoms with E-state index in [1.165, 1.54) is 38.5 Å². The van der Waals surface area contributed by atoms with Gasteiger partial charge in [-0.25, -0.2) is 4.98 Å². The molecule has 4 aliphatic rings. The van der Waals surface area contributed by atoms with E-state index < -0.39 is 0 Å². The highest BCUT2D eigenvalue weighted by atomic mass is 32.1. The topological polar surface area (TPSA) is 49.5 Å². The highest BCUT2D eigenvalue weighted by Gasteiger charge is 2.51. The van der Waals surface area contributed by atoms with Crippen LogP contribution in [-0.4, -0.2) is 34.7 Å². The first-order valence-corrected chi connectivity index (χ1v) is 11.3. The van der Waals surface area contributed by atoms with Gasteiger partial charge in [-0.1, -0.05) is 6.07 Å². The zero-order chi connectivity index (χ0) is 18.4. The molecule has 0 spiro atoms. The van der Waals surface area contributed by atoms with Crippen molar-refractivity contribution in [3.8, 4) is 10.8 Å². The molecular weight excluding hydrogens is 356 g/mol. The van der Waals surface area contributed by atoms with Crippen molar-refractivity contribution in [1.29, 1.82) is 0 Å². The van der Waals surface area contributed by atoms with Crippen LogP contribution >= 0.6 is 11.3 Å². The standard InChI is InChI=1S/C22H30N2O2S/c1-15-19(23-21(26-15)20-3-2-6-27-20)13-24(4-5-25)14-22-10-16-7-17(11-22)9-18(8-16)12-22/h2-3,6,16-18,25H,4-5,7-14H2,1H3. The summed E-state index contributed by atoms with van der Waals surface area (Å²) in [5.41, 5.74) is 1.51. The lowest BCUT2D eigenvalue weighted by molar-refractivity contribution is -0.0715. The van der Waals surface area contributed by atoms with Crippen LogP contribution in [0.3, 0.4) is 0 Å². The number of aliphatic hydroxyl groups excluding tert-OH is 1. The van der Waals surface area contributed by atoms with E-state index in [9.17, 15) is 5.11 Å². The fourth-order valence-corrected chi connectivity index (χ4v) is 7.25. The summed E-state index contributed by atoms with van der Waals surface area (Å²) in [4.78, 5) is 8.31. The maximum Gasteiger partial charge on any atom is 0.236 e. The van der Waals surface area contributed by atoms with Crippen LogP contribution in [-0.2, 0) is 6.54 Å². The number of thiophene rings is 1. The molecule has 2 aromatic rings. The molecule has 146 valence electrons. The third-order valence-electron chi connectivity index (χ3n) is 7.14. The number of hydrogen-bond donors (Lipinski definition) is 1. The molecule has 4 saturated carbocycles. The van der Waals surface area contributed by atoms with Gasteiger partial charge in [-0.15, -0.1) is 11.3 Å². The first-order valence-electron chi connectivity index (χ1n) is 10.5. The molecule has 0 atom stereocenters. The van der Waals surface area contributed by atoms with E-state index in [1.54, 1.807) is 11.3 Å². The molecule has 6 rings (SSSR count). The van der Waals surface area contributed by atoms with Crippen LogP contribution in [0.4, 0.5) is 0 Å². The molecule has 4 bridgehead atoms. The first-order chi connectivity index (χ1) is 13.1. The average Bonchev–Trinajstić information content (AvgIpc) is 3.24. The molecule has 0 aromatic carbocycles. The van der Waals surface area contributed by atoms with E-state index in [0.29, 0.717) is 5.41 Å². The fourth-order valence-electron chi connectivity index (χ4n) is 6.61. The third kappa shape index (κ3) is 3.50. The molecule has 4 fully saturated rings. The molecule has 4 aliphatic carbocycles. The molecule has 0 radical (unpaired) electrons. The first kappa shape index (κ1) is 17.9. The van der Waals surface area contributed by atoms with Crippen LogP contribution in [0.25, 0.3) is 10.8 Å². The second-order valence-electron chi connectivity index (χ2n) is 9.35. The SMILES string of the molecule is Cc1oc(-c2cccs2)nc1CN(CCO)CC12CC3CC(CC(C3)C1)C2. The van der Waals surface area contributed by atoms with Crippen molar-refractivity contribution in [2.24, 2.45) is 23.2 Å². The summed E-state index contributed by atoms with van der Waals surface area (Å²) in [5, 5.41) is 11.7. The fraction of sp³-hybridized carbons (Fsp3) is 0.682. The summed E-state index contributed by atoms with van der Waals surface area (Å²) in [7, 11) is 0. The average molecular weight is 387 g/mol. The van der Waals surface area contributed by atoms with Crippen LogP contribution in [0.5, 0.6) is 0 Å². The van der Waals surface area contributed by atoms with Gasteiger partial charge in [0, 0.05) is 19.6 Å². The van der Waals surface area contributed by atoms with Gasteiger partial charge in [0.25, 0.3) is 0 Å². The normalized spacial score (nSPS) is 31.9. The Morgan fingerprint density at radius 2 is 1.93 bits per heavy atom. The summed E-state index contributed by atoms with van der Waals surface area (Å²) >= 11 is 1.66. The lowest BCUT2D eigenvalue weighted by Gasteiger charge is -2.58. The Morgan fingerprint density at radius 1 is 1.22 bits per heavy atom. The number of aliphatic hydroxyl groups is 1. The Bertz CT molecular complexity index is 747. The second-order valence-corrected chi connectivity index (χ2v) is 10.3. The van der Waals surface area contributed by atoms with Crippen molar-refractivity contribution in [1.82, 2.24) is 9.88 Å². The van der Waals surface area contributed by atoms with E-state index in [-0.39, 0.29) is 6.61 Å². The van der Waals surface area contributed by atoms with E-state index in [2.05, 4.69) is 16.3 Å². The molecule has 5 heteroatoms. The highest BCUT2D eigenvalue weighted by Crippen LogP contribution is 2.60. The summed E-state index contributed by atoms with van der Waals surface area (Å²) in [6.45, 7) is 4.84. The largest absolute Gasteiger partial charge is 0.440 e. The summed E-state index contributed by atoms with van der Waals surface area (Å²) in [6, 6.07) is 4.09. The van der Waals surface area contributed by atoms with Crippen LogP contribution in [0.2, 0.25) is 0 Å². The highest BCUT2D eigenvalue weighted by molar-refractivity contribution is 7.13. The van der Waals surface area contributed by atoms with E-state index in [0.717, 1.165) is 59.6 Å². The van der Waals surface area contributed by atoms with E-state index in [1.807, 2.05) is 13.0 Å². The second kappa shape index (κ2) is 7.02. The lowest BCUT2D eigenvalue weighted by Crippen LogP contribution is -2.51. The Labute approximate surface area is 165 Å². The molecule has 1 N–H and O–H groups in total. The Kier molecular flexibility index (Phi) is 4.65. The Balaban J connectivity index is 1.33. The molecular formula is C22H30N2O2S. The Morgan fingerprint density at radius 3 is 2.52 bits per heavy atom. The van der Waals surface area contributed by atoms with Gasteiger partial charge in [0.05, 0.1) is 17.2 Å². The molecule has 0 saturated heterocycles. The van der Waals surface area contributed by atoms with Crippen molar-refractivity contribution in [2.75, 3.05) is 19.7 Å². The molecule has 27 heavy (non-hydrogen) atoms. The van der Waals surface area contributed by atoms with Gasteiger partial charge < -0.3 is 9.52 Å². The van der Waals surface area contributed by atoms with Crippen molar-refractivity contribution in [3.05, 3.63) is 29.0 Å². The number of oxazole rings is 1. The summed E-state index contributed by atoms with van der Waals surface area (Å²) in [6.07, 6.45) is 8.64. The van der Waals surface area contributed by atoms with Crippen molar-refractivity contribution >= 4 is 11.3 Å². The van der Waals surface area contributed by atoms with Gasteiger partial charge in [-0.05, 0) is 80.1 Å². The molecule has 4 nitrogen and oxygen atoms in total. The zero-order valence-electron chi connectivity index (χ0n) is 16.2. The van der Waals surface area contributed by atoms with Crippen LogP contribution in [0, 0.1) is 30.1 Å². The van der Waals surface area contributed by atoms with E-state index >= 15 is 0 Å². The minimum absolute atomic E-state index is 0.209. The summed E-state index contributed by atoms with van der Waals surface area (Å²) < 4.78 is 5.94. The minimum Gasteiger partial charge on any atom is -0.440 e. The van der Waals surface area contributed by atoms with Crippen molar-refractivity contribution in [2.45, 2.75) is 52.0 Å². The van der Waals surface area contributed by atoms with Gasteiger partial charge in [-0.2, -0.15) is 0 Å². The molecule has 0 unspecified atom stereocenters. The predicted octanol–water partition coefficient (Wildman–Crippen LogP) is 4.72. The summed E-state index contributed by atoms with van der Waals surface area (Å²) in [5.74, 6) is 4.53. The van der Waals surface area contributed by atoms with Gasteiger partial charge in [-0.3, -0.25) is 4.90 Å². The maximum absolute atomic E-state index is 9.67. The number of aryl methyl sites for hydroxylation is 1. The quantitative estimate of drug-likeness (QED) is 0.748. The van der Waals surface area contributed by atoms with Gasteiger partial charge in [0.15, 0.2) is 0 Å². The third-order valence-corrected chi connectivity index (χ3v) is 8.00. The zero-order valence-corrected chi connectivity index (χ0v) is 17.0. The Hall–Kier alpha value is -1.17. The van der Waals surface area contributed by atoms with Gasteiger partial charge >= 0.3 is 0 Å². The molecule has 0 aliphatic heterocycles. The number of hydrogen-bond acceptors (Lipinski definition) is 5. The number of nitrogens with zero attached hydrogens (tertiary/aromatic N) is 2. The van der Waals surface area contributed by atoms with Crippen LogP contribution in [0.15, 0.2) is 21.9 Å². The lowest BCUT2D eigenvalue weighted by atomic mass is 9.49. The molecule has 2 heterocycles. The number of aromatic nitrogens is 1. The van der Waals surface area contributed by atoms with Crippen molar-refractivity contribution in [3.63, 3.8) is 0 Å². The minimum atomic E-state index is 0.209. The van der Waals surface area contributed by atoms with Gasteiger partial charge in [0.2, 0.25) is 5.89 Å². The maximum atomic E-state index is 9.67. The molecule has 2 aromatic heterocycles. The smallest absolute Gasteiger partial charge is 0.236 e.